The highest BCUT2D eigenvalue weighted by atomic mass is 16.2. The lowest BCUT2D eigenvalue weighted by Gasteiger charge is -2.16. The predicted molar refractivity (Wildman–Crippen MR) is 103 cm³/mol. The van der Waals surface area contributed by atoms with Crippen molar-refractivity contribution in [2.45, 2.75) is 58.9 Å². The third kappa shape index (κ3) is 4.53. The van der Waals surface area contributed by atoms with E-state index in [1.54, 1.807) is 22.8 Å². The lowest BCUT2D eigenvalue weighted by atomic mass is 10.1. The minimum Gasteiger partial charge on any atom is -0.296 e. The van der Waals surface area contributed by atoms with Crippen molar-refractivity contribution in [1.82, 2.24) is 20.4 Å². The summed E-state index contributed by atoms with van der Waals surface area (Å²) in [5, 5.41) is 0.514. The largest absolute Gasteiger partial charge is 0.296 e. The number of benzene rings is 1. The molecule has 1 aliphatic rings. The minimum absolute atomic E-state index is 0.0471. The Labute approximate surface area is 158 Å². The Morgan fingerprint density at radius 1 is 1.15 bits per heavy atom. The van der Waals surface area contributed by atoms with Crippen LogP contribution in [0.2, 0.25) is 0 Å². The summed E-state index contributed by atoms with van der Waals surface area (Å²) in [5.41, 5.74) is 5.66. The monoisotopic (exact) mass is 370 g/mol. The van der Waals surface area contributed by atoms with Crippen molar-refractivity contribution in [3.05, 3.63) is 39.9 Å². The number of nitrogens with zero attached hydrogens (tertiary/aromatic N) is 2. The second-order valence-corrected chi connectivity index (χ2v) is 7.48. The Hall–Kier alpha value is -2.70. The molecule has 144 valence electrons. The molecule has 0 fully saturated rings. The van der Waals surface area contributed by atoms with E-state index in [1.807, 2.05) is 13.8 Å². The van der Waals surface area contributed by atoms with Gasteiger partial charge in [-0.25, -0.2) is 4.98 Å². The van der Waals surface area contributed by atoms with Crippen LogP contribution in [0.1, 0.15) is 62.1 Å². The van der Waals surface area contributed by atoms with E-state index >= 15 is 0 Å². The number of rotatable bonds is 3. The molecule has 2 aromatic rings. The molecule has 27 heavy (non-hydrogen) atoms. The van der Waals surface area contributed by atoms with E-state index in [2.05, 4.69) is 15.8 Å². The van der Waals surface area contributed by atoms with Gasteiger partial charge in [-0.2, -0.15) is 0 Å². The van der Waals surface area contributed by atoms with Gasteiger partial charge in [-0.1, -0.05) is 26.7 Å². The van der Waals surface area contributed by atoms with Crippen LogP contribution in [0.3, 0.4) is 0 Å². The van der Waals surface area contributed by atoms with Crippen LogP contribution in [0.4, 0.5) is 0 Å². The van der Waals surface area contributed by atoms with Crippen LogP contribution in [0, 0.1) is 5.92 Å². The van der Waals surface area contributed by atoms with Gasteiger partial charge < -0.3 is 0 Å². The summed E-state index contributed by atoms with van der Waals surface area (Å²) >= 11 is 0. The number of carbonyl (C=O) groups excluding carboxylic acids is 2. The fraction of sp³-hybridized carbons (Fsp3) is 0.500. The second-order valence-electron chi connectivity index (χ2n) is 7.48. The summed E-state index contributed by atoms with van der Waals surface area (Å²) in [7, 11) is 0. The number of aryl methyl sites for hydroxylation is 1. The van der Waals surface area contributed by atoms with E-state index in [1.165, 1.54) is 0 Å². The smallest absolute Gasteiger partial charge is 0.269 e. The molecule has 0 aliphatic carbocycles. The van der Waals surface area contributed by atoms with Crippen molar-refractivity contribution in [3.63, 3.8) is 0 Å². The first-order valence-electron chi connectivity index (χ1n) is 9.58. The van der Waals surface area contributed by atoms with E-state index in [0.717, 1.165) is 37.9 Å². The van der Waals surface area contributed by atoms with Crippen molar-refractivity contribution in [3.8, 4) is 0 Å². The quantitative estimate of drug-likeness (QED) is 0.811. The molecule has 7 nitrogen and oxygen atoms in total. The number of aromatic nitrogens is 2. The van der Waals surface area contributed by atoms with Crippen LogP contribution in [0.5, 0.6) is 0 Å². The normalized spacial score (nSPS) is 14.3. The average Bonchev–Trinajstić information content (AvgIpc) is 2.60. The summed E-state index contributed by atoms with van der Waals surface area (Å²) < 4.78 is 1.77. The zero-order valence-corrected chi connectivity index (χ0v) is 15.9. The maximum absolute atomic E-state index is 12.8. The standard InChI is InChI=1S/C20H26N4O3/c1-13(2)11-18(25)22-23-19(26)14-8-9-15-16(12-14)21-17-7-5-3-4-6-10-24(17)20(15)27/h8-9,12-13H,3-7,10-11H2,1-2H3,(H,22,25)(H,23,26). The molecule has 3 rings (SSSR count). The highest BCUT2D eigenvalue weighted by Crippen LogP contribution is 2.16. The van der Waals surface area contributed by atoms with Crippen LogP contribution in [0.25, 0.3) is 10.9 Å². The average molecular weight is 370 g/mol. The van der Waals surface area contributed by atoms with Crippen LogP contribution in [-0.4, -0.2) is 21.4 Å². The summed E-state index contributed by atoms with van der Waals surface area (Å²) in [6.07, 6.45) is 5.38. The Morgan fingerprint density at radius 3 is 2.70 bits per heavy atom. The van der Waals surface area contributed by atoms with Crippen LogP contribution in [0.15, 0.2) is 23.0 Å². The molecular weight excluding hydrogens is 344 g/mol. The first-order valence-corrected chi connectivity index (χ1v) is 9.58. The maximum Gasteiger partial charge on any atom is 0.269 e. The van der Waals surface area contributed by atoms with Gasteiger partial charge in [0.1, 0.15) is 5.82 Å². The number of amides is 2. The SMILES string of the molecule is CC(C)CC(=O)NNC(=O)c1ccc2c(=O)n3c(nc2c1)CCCCCC3. The van der Waals surface area contributed by atoms with Gasteiger partial charge in [-0.15, -0.1) is 0 Å². The highest BCUT2D eigenvalue weighted by molar-refractivity contribution is 5.98. The first-order chi connectivity index (χ1) is 13.0. The molecule has 2 amide bonds. The molecule has 1 aromatic heterocycles. The number of carbonyl (C=O) groups is 2. The van der Waals surface area contributed by atoms with Crippen molar-refractivity contribution in [1.29, 1.82) is 0 Å². The van der Waals surface area contributed by atoms with Crippen LogP contribution < -0.4 is 16.4 Å². The lowest BCUT2D eigenvalue weighted by molar-refractivity contribution is -0.122. The highest BCUT2D eigenvalue weighted by Gasteiger charge is 2.15. The Kier molecular flexibility index (Phi) is 5.88. The third-order valence-corrected chi connectivity index (χ3v) is 4.74. The third-order valence-electron chi connectivity index (χ3n) is 4.74. The zero-order chi connectivity index (χ0) is 19.4. The van der Waals surface area contributed by atoms with E-state index < -0.39 is 5.91 Å². The van der Waals surface area contributed by atoms with Gasteiger partial charge in [-0.05, 0) is 37.0 Å². The molecule has 1 aromatic carbocycles. The molecule has 2 N–H and O–H groups in total. The molecule has 0 bridgehead atoms. The molecular formula is C20H26N4O3. The topological polar surface area (TPSA) is 93.1 Å². The zero-order valence-electron chi connectivity index (χ0n) is 15.9. The summed E-state index contributed by atoms with van der Waals surface area (Å²) in [5.74, 6) is 0.328. The summed E-state index contributed by atoms with van der Waals surface area (Å²) in [4.78, 5) is 41.5. The van der Waals surface area contributed by atoms with Gasteiger partial charge in [0.15, 0.2) is 0 Å². The number of nitrogens with one attached hydrogen (secondary N) is 2. The molecule has 0 unspecified atom stereocenters. The van der Waals surface area contributed by atoms with E-state index in [0.29, 0.717) is 29.4 Å². The number of hydrazine groups is 1. The minimum atomic E-state index is -0.428. The molecule has 0 spiro atoms. The summed E-state index contributed by atoms with van der Waals surface area (Å²) in [6, 6.07) is 4.84. The molecule has 0 saturated carbocycles. The van der Waals surface area contributed by atoms with Crippen molar-refractivity contribution in [2.75, 3.05) is 0 Å². The van der Waals surface area contributed by atoms with Gasteiger partial charge in [0, 0.05) is 24.9 Å². The predicted octanol–water partition coefficient (Wildman–Crippen LogP) is 2.32. The van der Waals surface area contributed by atoms with Gasteiger partial charge in [0.25, 0.3) is 11.5 Å². The van der Waals surface area contributed by atoms with Crippen LogP contribution in [-0.2, 0) is 17.8 Å². The van der Waals surface area contributed by atoms with Gasteiger partial charge in [-0.3, -0.25) is 29.8 Å². The second kappa shape index (κ2) is 8.33. The molecule has 0 atom stereocenters. The molecule has 0 radical (unpaired) electrons. The fourth-order valence-electron chi connectivity index (χ4n) is 3.36. The summed E-state index contributed by atoms with van der Waals surface area (Å²) in [6.45, 7) is 4.56. The van der Waals surface area contributed by atoms with Crippen molar-refractivity contribution < 1.29 is 9.59 Å². The first kappa shape index (κ1) is 19.1. The number of fused-ring (bicyclic) bond motifs is 2. The maximum atomic E-state index is 12.8. The van der Waals surface area contributed by atoms with Gasteiger partial charge in [0.05, 0.1) is 10.9 Å². The number of hydrogen-bond acceptors (Lipinski definition) is 4. The van der Waals surface area contributed by atoms with E-state index in [4.69, 9.17) is 0 Å². The Morgan fingerprint density at radius 2 is 1.93 bits per heavy atom. The van der Waals surface area contributed by atoms with Crippen molar-refractivity contribution >= 4 is 22.7 Å². The van der Waals surface area contributed by atoms with E-state index in [-0.39, 0.29) is 17.4 Å². The molecule has 7 heteroatoms. The molecule has 0 saturated heterocycles. The lowest BCUT2D eigenvalue weighted by Crippen LogP contribution is -2.42. The Bertz CT molecular complexity index is 917. The van der Waals surface area contributed by atoms with Crippen molar-refractivity contribution in [2.24, 2.45) is 5.92 Å². The van der Waals surface area contributed by atoms with Crippen LogP contribution >= 0.6 is 0 Å². The van der Waals surface area contributed by atoms with E-state index in [9.17, 15) is 14.4 Å². The molecule has 2 heterocycles. The number of hydrogen-bond donors (Lipinski definition) is 2. The fourth-order valence-corrected chi connectivity index (χ4v) is 3.36. The Balaban J connectivity index is 1.84. The van der Waals surface area contributed by atoms with Gasteiger partial charge in [0.2, 0.25) is 5.91 Å². The van der Waals surface area contributed by atoms with Gasteiger partial charge >= 0.3 is 0 Å². The molecule has 1 aliphatic heterocycles.